The predicted octanol–water partition coefficient (Wildman–Crippen LogP) is 7.85. The molecular weight excluding hydrogens is 481 g/mol. The standard InChI is InChI=1S/C35H24NOP/c37-38(27-13-2-1-3-14-27,34-20-10-12-25-11-4-5-15-29(25)34)28-23-21-26(22-24-28)35-32-18-7-6-16-30(32)31-17-8-9-19-33(31)36-35/h1-24H. The normalized spacial score (nSPS) is 13.1. The molecule has 2 nitrogen and oxygen atoms in total. The molecular formula is C35H24NOP. The van der Waals surface area contributed by atoms with Crippen LogP contribution < -0.4 is 15.9 Å². The minimum absolute atomic E-state index is 0.814. The van der Waals surface area contributed by atoms with Crippen LogP contribution >= 0.6 is 7.14 Å². The van der Waals surface area contributed by atoms with Gasteiger partial charge in [-0.15, -0.1) is 0 Å². The Morgan fingerprint density at radius 2 is 1.03 bits per heavy atom. The van der Waals surface area contributed by atoms with Crippen LogP contribution in [0.3, 0.4) is 0 Å². The highest BCUT2D eigenvalue weighted by atomic mass is 31.2. The van der Waals surface area contributed by atoms with Crippen LogP contribution in [0.2, 0.25) is 0 Å². The number of aromatic nitrogens is 1. The van der Waals surface area contributed by atoms with Gasteiger partial charge in [-0.2, -0.15) is 0 Å². The van der Waals surface area contributed by atoms with Gasteiger partial charge in [-0.1, -0.05) is 140 Å². The number of rotatable bonds is 4. The van der Waals surface area contributed by atoms with E-state index in [0.29, 0.717) is 0 Å². The molecule has 6 aromatic carbocycles. The molecule has 1 unspecified atom stereocenters. The van der Waals surface area contributed by atoms with Crippen molar-refractivity contribution in [3.63, 3.8) is 0 Å². The van der Waals surface area contributed by atoms with Gasteiger partial charge in [0, 0.05) is 32.2 Å². The second-order valence-corrected chi connectivity index (χ2v) is 12.2. The summed E-state index contributed by atoms with van der Waals surface area (Å²) in [6, 6.07) is 49.0. The van der Waals surface area contributed by atoms with E-state index in [4.69, 9.17) is 4.98 Å². The molecule has 7 rings (SSSR count). The average Bonchev–Trinajstić information content (AvgIpc) is 3.00. The first-order valence-electron chi connectivity index (χ1n) is 12.8. The van der Waals surface area contributed by atoms with Gasteiger partial charge in [-0.3, -0.25) is 0 Å². The lowest BCUT2D eigenvalue weighted by molar-refractivity contribution is 0.592. The molecule has 0 radical (unpaired) electrons. The first kappa shape index (κ1) is 22.7. The van der Waals surface area contributed by atoms with Crippen molar-refractivity contribution in [2.75, 3.05) is 0 Å². The van der Waals surface area contributed by atoms with Gasteiger partial charge in [-0.25, -0.2) is 4.98 Å². The third-order valence-corrected chi connectivity index (χ3v) is 10.5. The van der Waals surface area contributed by atoms with E-state index >= 15 is 4.57 Å². The summed E-state index contributed by atoms with van der Waals surface area (Å²) in [4.78, 5) is 5.05. The number of benzene rings is 6. The van der Waals surface area contributed by atoms with Gasteiger partial charge in [0.05, 0.1) is 11.2 Å². The highest BCUT2D eigenvalue weighted by Gasteiger charge is 2.31. The molecule has 0 fully saturated rings. The Kier molecular flexibility index (Phi) is 5.43. The summed E-state index contributed by atoms with van der Waals surface area (Å²) in [5, 5.41) is 8.06. The lowest BCUT2D eigenvalue weighted by Gasteiger charge is -2.22. The zero-order valence-corrected chi connectivity index (χ0v) is 21.6. The molecule has 0 bridgehead atoms. The van der Waals surface area contributed by atoms with E-state index in [2.05, 4.69) is 72.8 Å². The fraction of sp³-hybridized carbons (Fsp3) is 0. The maximum Gasteiger partial charge on any atom is 0.171 e. The maximum absolute atomic E-state index is 15.3. The van der Waals surface area contributed by atoms with E-state index in [-0.39, 0.29) is 0 Å². The number of para-hydroxylation sites is 1. The van der Waals surface area contributed by atoms with Crippen LogP contribution in [-0.4, -0.2) is 4.98 Å². The van der Waals surface area contributed by atoms with Crippen molar-refractivity contribution in [2.24, 2.45) is 0 Å². The second kappa shape index (κ2) is 9.10. The first-order valence-corrected chi connectivity index (χ1v) is 14.5. The van der Waals surface area contributed by atoms with Crippen molar-refractivity contribution in [1.29, 1.82) is 0 Å². The Labute approximate surface area is 221 Å². The van der Waals surface area contributed by atoms with Crippen LogP contribution in [0.4, 0.5) is 0 Å². The van der Waals surface area contributed by atoms with Gasteiger partial charge in [-0.05, 0) is 22.2 Å². The zero-order valence-electron chi connectivity index (χ0n) is 20.7. The molecule has 0 aliphatic rings. The Hall–Kier alpha value is -4.52. The topological polar surface area (TPSA) is 30.0 Å². The SMILES string of the molecule is O=P(c1ccccc1)(c1ccc(-c2nc3ccccc3c3ccccc23)cc1)c1cccc2ccccc12. The largest absolute Gasteiger partial charge is 0.309 e. The Morgan fingerprint density at radius 3 is 1.82 bits per heavy atom. The first-order chi connectivity index (χ1) is 18.7. The van der Waals surface area contributed by atoms with E-state index in [1.807, 2.05) is 72.8 Å². The van der Waals surface area contributed by atoms with Crippen LogP contribution in [0.1, 0.15) is 0 Å². The molecule has 1 aromatic heterocycles. The van der Waals surface area contributed by atoms with Gasteiger partial charge in [0.2, 0.25) is 0 Å². The molecule has 0 aliphatic heterocycles. The molecule has 1 atom stereocenters. The third-order valence-electron chi connectivity index (χ3n) is 7.34. The van der Waals surface area contributed by atoms with E-state index in [1.54, 1.807) is 0 Å². The summed E-state index contributed by atoms with van der Waals surface area (Å²) in [6.45, 7) is 0. The molecule has 0 saturated carbocycles. The predicted molar refractivity (Wildman–Crippen MR) is 162 cm³/mol. The number of hydrogen-bond acceptors (Lipinski definition) is 2. The van der Waals surface area contributed by atoms with E-state index < -0.39 is 7.14 Å². The van der Waals surface area contributed by atoms with Crippen LogP contribution in [-0.2, 0) is 4.57 Å². The summed E-state index contributed by atoms with van der Waals surface area (Å²) >= 11 is 0. The van der Waals surface area contributed by atoms with Gasteiger partial charge >= 0.3 is 0 Å². The van der Waals surface area contributed by atoms with Crippen LogP contribution in [0.5, 0.6) is 0 Å². The number of hydrogen-bond donors (Lipinski definition) is 0. The van der Waals surface area contributed by atoms with Crippen molar-refractivity contribution < 1.29 is 4.57 Å². The fourth-order valence-corrected chi connectivity index (χ4v) is 8.36. The fourth-order valence-electron chi connectivity index (χ4n) is 5.50. The molecule has 3 heteroatoms. The maximum atomic E-state index is 15.3. The summed E-state index contributed by atoms with van der Waals surface area (Å²) in [7, 11) is -3.14. The van der Waals surface area contributed by atoms with Gasteiger partial charge in [0.15, 0.2) is 7.14 Å². The Morgan fingerprint density at radius 1 is 0.447 bits per heavy atom. The highest BCUT2D eigenvalue weighted by molar-refractivity contribution is 7.85. The van der Waals surface area contributed by atoms with E-state index in [0.717, 1.165) is 54.2 Å². The van der Waals surface area contributed by atoms with E-state index in [9.17, 15) is 0 Å². The van der Waals surface area contributed by atoms with Crippen molar-refractivity contribution >= 4 is 55.5 Å². The van der Waals surface area contributed by atoms with Crippen molar-refractivity contribution in [3.05, 3.63) is 146 Å². The van der Waals surface area contributed by atoms with Gasteiger partial charge < -0.3 is 4.57 Å². The minimum Gasteiger partial charge on any atom is -0.309 e. The van der Waals surface area contributed by atoms with Crippen molar-refractivity contribution in [1.82, 2.24) is 4.98 Å². The molecule has 180 valence electrons. The number of pyridine rings is 1. The zero-order chi connectivity index (χ0) is 25.5. The summed E-state index contributed by atoms with van der Waals surface area (Å²) in [5.74, 6) is 0. The molecule has 0 spiro atoms. The summed E-state index contributed by atoms with van der Waals surface area (Å²) < 4.78 is 15.3. The lowest BCUT2D eigenvalue weighted by Crippen LogP contribution is -2.25. The lowest BCUT2D eigenvalue weighted by atomic mass is 10.0. The van der Waals surface area contributed by atoms with Crippen LogP contribution in [0.25, 0.3) is 43.7 Å². The third kappa shape index (κ3) is 3.57. The Balaban J connectivity index is 1.44. The molecule has 7 aromatic rings. The highest BCUT2D eigenvalue weighted by Crippen LogP contribution is 2.45. The molecule has 0 amide bonds. The quantitative estimate of drug-likeness (QED) is 0.180. The smallest absolute Gasteiger partial charge is 0.171 e. The monoisotopic (exact) mass is 505 g/mol. The van der Waals surface area contributed by atoms with Crippen molar-refractivity contribution in [3.8, 4) is 11.3 Å². The molecule has 0 saturated heterocycles. The van der Waals surface area contributed by atoms with Crippen LogP contribution in [0.15, 0.2) is 146 Å². The Bertz CT molecular complexity index is 1990. The van der Waals surface area contributed by atoms with E-state index in [1.165, 1.54) is 5.39 Å². The molecule has 38 heavy (non-hydrogen) atoms. The summed E-state index contributed by atoms with van der Waals surface area (Å²) in [5.41, 5.74) is 2.91. The van der Waals surface area contributed by atoms with Gasteiger partial charge in [0.1, 0.15) is 0 Å². The minimum atomic E-state index is -3.14. The van der Waals surface area contributed by atoms with Crippen molar-refractivity contribution in [2.45, 2.75) is 0 Å². The molecule has 0 N–H and O–H groups in total. The number of fused-ring (bicyclic) bond motifs is 4. The average molecular weight is 506 g/mol. The second-order valence-electron chi connectivity index (χ2n) is 9.51. The van der Waals surface area contributed by atoms with Gasteiger partial charge in [0.25, 0.3) is 0 Å². The molecule has 1 heterocycles. The number of nitrogens with zero attached hydrogens (tertiary/aromatic N) is 1. The van der Waals surface area contributed by atoms with Crippen LogP contribution in [0, 0.1) is 0 Å². The molecule has 0 aliphatic carbocycles. The summed E-state index contributed by atoms with van der Waals surface area (Å²) in [6.07, 6.45) is 0.